The number of rotatable bonds is 5. The first-order chi connectivity index (χ1) is 9.82. The molecule has 21 heavy (non-hydrogen) atoms. The van der Waals surface area contributed by atoms with Gasteiger partial charge in [0.25, 0.3) is 0 Å². The largest absolute Gasteiger partial charge is 0.416 e. The van der Waals surface area contributed by atoms with Gasteiger partial charge in [-0.15, -0.1) is 0 Å². The number of benzene rings is 1. The van der Waals surface area contributed by atoms with Gasteiger partial charge in [-0.3, -0.25) is 4.99 Å². The smallest absolute Gasteiger partial charge is 0.356 e. The average molecular weight is 301 g/mol. The molecule has 1 aromatic rings. The van der Waals surface area contributed by atoms with Crippen molar-refractivity contribution in [1.82, 2.24) is 10.6 Å². The quantitative estimate of drug-likeness (QED) is 0.646. The van der Waals surface area contributed by atoms with Crippen LogP contribution in [-0.4, -0.2) is 19.6 Å². The summed E-state index contributed by atoms with van der Waals surface area (Å²) in [7, 11) is 1.64. The van der Waals surface area contributed by atoms with Crippen LogP contribution in [0, 0.1) is 5.92 Å². The molecule has 0 radical (unpaired) electrons. The maximum Gasteiger partial charge on any atom is 0.416 e. The van der Waals surface area contributed by atoms with Crippen LogP contribution in [0.15, 0.2) is 29.3 Å². The SMILES string of the molecule is CN=C(NCCC(C)C)NCc1cccc(C(F)(F)F)c1. The molecule has 3 nitrogen and oxygen atoms in total. The summed E-state index contributed by atoms with van der Waals surface area (Å²) >= 11 is 0. The lowest BCUT2D eigenvalue weighted by Gasteiger charge is -2.14. The van der Waals surface area contributed by atoms with Crippen LogP contribution in [0.25, 0.3) is 0 Å². The molecule has 0 atom stereocenters. The highest BCUT2D eigenvalue weighted by molar-refractivity contribution is 5.79. The van der Waals surface area contributed by atoms with E-state index in [2.05, 4.69) is 29.5 Å². The Kier molecular flexibility index (Phi) is 6.52. The monoisotopic (exact) mass is 301 g/mol. The lowest BCUT2D eigenvalue weighted by Crippen LogP contribution is -2.37. The van der Waals surface area contributed by atoms with Crippen molar-refractivity contribution in [2.45, 2.75) is 33.0 Å². The van der Waals surface area contributed by atoms with E-state index in [-0.39, 0.29) is 0 Å². The molecule has 0 saturated carbocycles. The Bertz CT molecular complexity index is 467. The summed E-state index contributed by atoms with van der Waals surface area (Å²) in [6, 6.07) is 5.28. The molecule has 0 aliphatic heterocycles. The van der Waals surface area contributed by atoms with Gasteiger partial charge in [0.15, 0.2) is 5.96 Å². The zero-order valence-corrected chi connectivity index (χ0v) is 12.6. The topological polar surface area (TPSA) is 36.4 Å². The standard InChI is InChI=1S/C15H22F3N3/c1-11(2)7-8-20-14(19-3)21-10-12-5-4-6-13(9-12)15(16,17)18/h4-6,9,11H,7-8,10H2,1-3H3,(H2,19,20,21). The molecule has 0 saturated heterocycles. The lowest BCUT2D eigenvalue weighted by molar-refractivity contribution is -0.137. The van der Waals surface area contributed by atoms with Crippen molar-refractivity contribution in [3.8, 4) is 0 Å². The van der Waals surface area contributed by atoms with Gasteiger partial charge in [-0.2, -0.15) is 13.2 Å². The molecule has 0 aliphatic carbocycles. The minimum absolute atomic E-state index is 0.297. The maximum absolute atomic E-state index is 12.6. The third-order valence-corrected chi connectivity index (χ3v) is 2.95. The van der Waals surface area contributed by atoms with Gasteiger partial charge in [0, 0.05) is 20.1 Å². The van der Waals surface area contributed by atoms with E-state index >= 15 is 0 Å². The molecule has 0 bridgehead atoms. The van der Waals surface area contributed by atoms with Gasteiger partial charge in [0.2, 0.25) is 0 Å². The highest BCUT2D eigenvalue weighted by Crippen LogP contribution is 2.29. The van der Waals surface area contributed by atoms with Crippen LogP contribution in [-0.2, 0) is 12.7 Å². The Balaban J connectivity index is 2.54. The second-order valence-electron chi connectivity index (χ2n) is 5.23. The third kappa shape index (κ3) is 6.51. The summed E-state index contributed by atoms with van der Waals surface area (Å²) in [6.45, 7) is 5.33. The van der Waals surface area contributed by atoms with Crippen LogP contribution in [0.5, 0.6) is 0 Å². The molecule has 0 unspecified atom stereocenters. The van der Waals surface area contributed by atoms with Crippen molar-refractivity contribution in [1.29, 1.82) is 0 Å². The predicted molar refractivity (Wildman–Crippen MR) is 79.1 cm³/mol. The van der Waals surface area contributed by atoms with Crippen LogP contribution < -0.4 is 10.6 Å². The lowest BCUT2D eigenvalue weighted by atomic mass is 10.1. The normalized spacial score (nSPS) is 12.6. The number of aliphatic imine (C=N–C) groups is 1. The van der Waals surface area contributed by atoms with Gasteiger partial charge >= 0.3 is 6.18 Å². The third-order valence-electron chi connectivity index (χ3n) is 2.95. The predicted octanol–water partition coefficient (Wildman–Crippen LogP) is 3.42. The molecule has 0 aromatic heterocycles. The zero-order chi connectivity index (χ0) is 15.9. The molecule has 1 aromatic carbocycles. The summed E-state index contributed by atoms with van der Waals surface area (Å²) in [6.07, 6.45) is -3.31. The van der Waals surface area contributed by atoms with Gasteiger partial charge in [0.05, 0.1) is 5.56 Å². The molecular formula is C15H22F3N3. The molecule has 0 heterocycles. The first-order valence-corrected chi connectivity index (χ1v) is 6.93. The fourth-order valence-corrected chi connectivity index (χ4v) is 1.74. The van der Waals surface area contributed by atoms with E-state index in [0.29, 0.717) is 24.0 Å². The minimum Gasteiger partial charge on any atom is -0.356 e. The van der Waals surface area contributed by atoms with Gasteiger partial charge in [-0.1, -0.05) is 26.0 Å². The summed E-state index contributed by atoms with van der Waals surface area (Å²) < 4.78 is 37.9. The van der Waals surface area contributed by atoms with E-state index in [1.807, 2.05) is 0 Å². The number of nitrogens with zero attached hydrogens (tertiary/aromatic N) is 1. The Morgan fingerprint density at radius 3 is 2.52 bits per heavy atom. The summed E-state index contributed by atoms with van der Waals surface area (Å²) in [5, 5.41) is 6.14. The summed E-state index contributed by atoms with van der Waals surface area (Å²) in [5.41, 5.74) is -0.0683. The van der Waals surface area contributed by atoms with Crippen molar-refractivity contribution in [2.24, 2.45) is 10.9 Å². The van der Waals surface area contributed by atoms with E-state index in [9.17, 15) is 13.2 Å². The summed E-state index contributed by atoms with van der Waals surface area (Å²) in [5.74, 6) is 1.17. The minimum atomic E-state index is -4.31. The van der Waals surface area contributed by atoms with Gasteiger partial charge in [0.1, 0.15) is 0 Å². The molecular weight excluding hydrogens is 279 g/mol. The molecule has 0 spiro atoms. The molecule has 2 N–H and O–H groups in total. The van der Waals surface area contributed by atoms with E-state index in [0.717, 1.165) is 25.1 Å². The van der Waals surface area contributed by atoms with Gasteiger partial charge in [-0.25, -0.2) is 0 Å². The van der Waals surface area contributed by atoms with Crippen molar-refractivity contribution < 1.29 is 13.2 Å². The number of guanidine groups is 1. The van der Waals surface area contributed by atoms with E-state index < -0.39 is 11.7 Å². The van der Waals surface area contributed by atoms with E-state index in [1.165, 1.54) is 6.07 Å². The van der Waals surface area contributed by atoms with E-state index in [1.54, 1.807) is 13.1 Å². The van der Waals surface area contributed by atoms with Crippen LogP contribution >= 0.6 is 0 Å². The zero-order valence-electron chi connectivity index (χ0n) is 12.6. The van der Waals surface area contributed by atoms with Crippen molar-refractivity contribution in [3.05, 3.63) is 35.4 Å². The molecule has 0 fully saturated rings. The van der Waals surface area contributed by atoms with Gasteiger partial charge in [-0.05, 0) is 30.0 Å². The molecule has 118 valence electrons. The molecule has 1 rings (SSSR count). The van der Waals surface area contributed by atoms with E-state index in [4.69, 9.17) is 0 Å². The van der Waals surface area contributed by atoms with Crippen molar-refractivity contribution in [3.63, 3.8) is 0 Å². The van der Waals surface area contributed by atoms with Crippen molar-refractivity contribution >= 4 is 5.96 Å². The van der Waals surface area contributed by atoms with Crippen LogP contribution in [0.2, 0.25) is 0 Å². The fourth-order valence-electron chi connectivity index (χ4n) is 1.74. The number of nitrogens with one attached hydrogen (secondary N) is 2. The number of hydrogen-bond donors (Lipinski definition) is 2. The molecule has 0 aliphatic rings. The van der Waals surface area contributed by atoms with Crippen LogP contribution in [0.3, 0.4) is 0 Å². The van der Waals surface area contributed by atoms with Crippen LogP contribution in [0.1, 0.15) is 31.4 Å². The fraction of sp³-hybridized carbons (Fsp3) is 0.533. The molecule has 6 heteroatoms. The number of halogens is 3. The second-order valence-corrected chi connectivity index (χ2v) is 5.23. The Hall–Kier alpha value is -1.72. The Labute approximate surface area is 123 Å². The highest BCUT2D eigenvalue weighted by Gasteiger charge is 2.30. The maximum atomic E-state index is 12.6. The number of hydrogen-bond acceptors (Lipinski definition) is 1. The Morgan fingerprint density at radius 1 is 1.24 bits per heavy atom. The first-order valence-electron chi connectivity index (χ1n) is 6.93. The van der Waals surface area contributed by atoms with Crippen molar-refractivity contribution in [2.75, 3.05) is 13.6 Å². The summed E-state index contributed by atoms with van der Waals surface area (Å²) in [4.78, 5) is 4.04. The number of alkyl halides is 3. The average Bonchev–Trinajstić information content (AvgIpc) is 2.41. The Morgan fingerprint density at radius 2 is 1.95 bits per heavy atom. The second kappa shape index (κ2) is 7.90. The van der Waals surface area contributed by atoms with Gasteiger partial charge < -0.3 is 10.6 Å². The van der Waals surface area contributed by atoms with Crippen LogP contribution in [0.4, 0.5) is 13.2 Å². The molecule has 0 amide bonds. The first kappa shape index (κ1) is 17.3. The highest BCUT2D eigenvalue weighted by atomic mass is 19.4.